The van der Waals surface area contributed by atoms with Gasteiger partial charge in [0, 0.05) is 18.7 Å². The lowest BCUT2D eigenvalue weighted by Gasteiger charge is -2.07. The fourth-order valence-electron chi connectivity index (χ4n) is 1.22. The summed E-state index contributed by atoms with van der Waals surface area (Å²) in [5, 5.41) is 2.90. The minimum atomic E-state index is -3.22. The van der Waals surface area contributed by atoms with Gasteiger partial charge >= 0.3 is 0 Å². The van der Waals surface area contributed by atoms with E-state index in [4.69, 9.17) is 11.6 Å². The Hall–Kier alpha value is -0.690. The standard InChI is InChI=1S/C10H14ClFN2O2S/c1-13-17(15,16)6-5-14-7-8-3-2-4-9(11)10(8)12/h2-4,13-14H,5-7H2,1H3. The molecule has 0 aliphatic heterocycles. The number of benzene rings is 1. The number of nitrogens with one attached hydrogen (secondary N) is 2. The molecule has 96 valence electrons. The van der Waals surface area contributed by atoms with Gasteiger partial charge in [0.25, 0.3) is 0 Å². The molecule has 4 nitrogen and oxygen atoms in total. The number of sulfonamides is 1. The highest BCUT2D eigenvalue weighted by Crippen LogP contribution is 2.17. The second-order valence-corrected chi connectivity index (χ2v) is 5.87. The van der Waals surface area contributed by atoms with Gasteiger partial charge in [-0.2, -0.15) is 0 Å². The first-order valence-electron chi connectivity index (χ1n) is 5.01. The van der Waals surface area contributed by atoms with Crippen LogP contribution in [0.3, 0.4) is 0 Å². The molecule has 7 heteroatoms. The summed E-state index contributed by atoms with van der Waals surface area (Å²) < 4.78 is 37.8. The molecule has 2 N–H and O–H groups in total. The van der Waals surface area contributed by atoms with Crippen molar-refractivity contribution in [3.63, 3.8) is 0 Å². The number of hydrogen-bond donors (Lipinski definition) is 2. The van der Waals surface area contributed by atoms with Crippen LogP contribution in [-0.4, -0.2) is 27.8 Å². The summed E-state index contributed by atoms with van der Waals surface area (Å²) >= 11 is 5.61. The van der Waals surface area contributed by atoms with Gasteiger partial charge in [0.2, 0.25) is 10.0 Å². The van der Waals surface area contributed by atoms with Crippen molar-refractivity contribution in [3.05, 3.63) is 34.6 Å². The van der Waals surface area contributed by atoms with E-state index in [1.165, 1.54) is 13.1 Å². The van der Waals surface area contributed by atoms with E-state index >= 15 is 0 Å². The molecular weight excluding hydrogens is 267 g/mol. The van der Waals surface area contributed by atoms with E-state index in [1.54, 1.807) is 12.1 Å². The molecule has 0 aliphatic carbocycles. The molecule has 0 radical (unpaired) electrons. The van der Waals surface area contributed by atoms with Gasteiger partial charge in [-0.3, -0.25) is 0 Å². The van der Waals surface area contributed by atoms with Gasteiger partial charge in [-0.05, 0) is 13.1 Å². The lowest BCUT2D eigenvalue weighted by atomic mass is 10.2. The Morgan fingerprint density at radius 3 is 2.76 bits per heavy atom. The lowest BCUT2D eigenvalue weighted by Crippen LogP contribution is -2.29. The molecule has 17 heavy (non-hydrogen) atoms. The van der Waals surface area contributed by atoms with Gasteiger partial charge in [0.1, 0.15) is 5.82 Å². The highest BCUT2D eigenvalue weighted by Gasteiger charge is 2.08. The maximum absolute atomic E-state index is 13.4. The maximum Gasteiger partial charge on any atom is 0.212 e. The van der Waals surface area contributed by atoms with Crippen molar-refractivity contribution in [1.29, 1.82) is 0 Å². The van der Waals surface area contributed by atoms with Crippen molar-refractivity contribution in [1.82, 2.24) is 10.0 Å². The van der Waals surface area contributed by atoms with Crippen molar-refractivity contribution in [2.45, 2.75) is 6.54 Å². The molecule has 0 amide bonds. The second kappa shape index (κ2) is 6.30. The summed E-state index contributed by atoms with van der Waals surface area (Å²) in [6.07, 6.45) is 0. The van der Waals surface area contributed by atoms with Crippen molar-refractivity contribution >= 4 is 21.6 Å². The van der Waals surface area contributed by atoms with Crippen LogP contribution in [0, 0.1) is 5.82 Å². The summed E-state index contributed by atoms with van der Waals surface area (Å²) in [4.78, 5) is 0. The summed E-state index contributed by atoms with van der Waals surface area (Å²) in [6, 6.07) is 4.71. The van der Waals surface area contributed by atoms with Crippen LogP contribution in [0.5, 0.6) is 0 Å². The van der Waals surface area contributed by atoms with Crippen LogP contribution in [0.4, 0.5) is 4.39 Å². The van der Waals surface area contributed by atoms with Crippen LogP contribution in [0.2, 0.25) is 5.02 Å². The first kappa shape index (κ1) is 14.4. The Morgan fingerprint density at radius 2 is 2.12 bits per heavy atom. The van der Waals surface area contributed by atoms with E-state index < -0.39 is 15.8 Å². The second-order valence-electron chi connectivity index (χ2n) is 3.41. The third kappa shape index (κ3) is 4.59. The monoisotopic (exact) mass is 280 g/mol. The van der Waals surface area contributed by atoms with Crippen LogP contribution in [0.15, 0.2) is 18.2 Å². The minimum absolute atomic E-state index is 0.0499. The summed E-state index contributed by atoms with van der Waals surface area (Å²) in [5.74, 6) is -0.524. The van der Waals surface area contributed by atoms with Crippen LogP contribution in [0.1, 0.15) is 5.56 Å². The first-order chi connectivity index (χ1) is 7.96. The van der Waals surface area contributed by atoms with Crippen molar-refractivity contribution < 1.29 is 12.8 Å². The van der Waals surface area contributed by atoms with Crippen LogP contribution < -0.4 is 10.0 Å². The molecule has 0 bridgehead atoms. The quantitative estimate of drug-likeness (QED) is 0.768. The van der Waals surface area contributed by atoms with E-state index in [0.717, 1.165) is 0 Å². The zero-order valence-electron chi connectivity index (χ0n) is 9.33. The zero-order chi connectivity index (χ0) is 12.9. The predicted octanol–water partition coefficient (Wildman–Crippen LogP) is 1.12. The fraction of sp³-hybridized carbons (Fsp3) is 0.400. The SMILES string of the molecule is CNS(=O)(=O)CCNCc1cccc(Cl)c1F. The molecule has 1 rings (SSSR count). The third-order valence-corrected chi connectivity index (χ3v) is 3.86. The van der Waals surface area contributed by atoms with Gasteiger partial charge < -0.3 is 5.32 Å². The lowest BCUT2D eigenvalue weighted by molar-refractivity contribution is 0.577. The molecule has 0 atom stereocenters. The van der Waals surface area contributed by atoms with Crippen molar-refractivity contribution in [2.75, 3.05) is 19.3 Å². The third-order valence-electron chi connectivity index (χ3n) is 2.21. The Balaban J connectivity index is 2.44. The Kier molecular flexibility index (Phi) is 5.32. The molecular formula is C10H14ClFN2O2S. The number of hydrogen-bond acceptors (Lipinski definition) is 3. The largest absolute Gasteiger partial charge is 0.312 e. The smallest absolute Gasteiger partial charge is 0.212 e. The molecule has 0 saturated carbocycles. The Morgan fingerprint density at radius 1 is 1.41 bits per heavy atom. The maximum atomic E-state index is 13.4. The highest BCUT2D eigenvalue weighted by molar-refractivity contribution is 7.89. The number of halogens is 2. The van der Waals surface area contributed by atoms with E-state index in [1.807, 2.05) is 0 Å². The zero-order valence-corrected chi connectivity index (χ0v) is 10.9. The summed E-state index contributed by atoms with van der Waals surface area (Å²) in [5.41, 5.74) is 0.416. The molecule has 0 saturated heterocycles. The highest BCUT2D eigenvalue weighted by atomic mass is 35.5. The van der Waals surface area contributed by atoms with Crippen LogP contribution >= 0.6 is 11.6 Å². The fourth-order valence-corrected chi connectivity index (χ4v) is 2.03. The van der Waals surface area contributed by atoms with Crippen LogP contribution in [-0.2, 0) is 16.6 Å². The topological polar surface area (TPSA) is 58.2 Å². The van der Waals surface area contributed by atoms with Crippen molar-refractivity contribution in [2.24, 2.45) is 0 Å². The first-order valence-corrected chi connectivity index (χ1v) is 7.04. The van der Waals surface area contributed by atoms with E-state index in [0.29, 0.717) is 5.56 Å². The predicted molar refractivity (Wildman–Crippen MR) is 66.0 cm³/mol. The minimum Gasteiger partial charge on any atom is -0.312 e. The van der Waals surface area contributed by atoms with Gasteiger partial charge in [-0.1, -0.05) is 23.7 Å². The average Bonchev–Trinajstić information content (AvgIpc) is 2.30. The van der Waals surface area contributed by atoms with E-state index in [9.17, 15) is 12.8 Å². The van der Waals surface area contributed by atoms with Gasteiger partial charge in [-0.25, -0.2) is 17.5 Å². The van der Waals surface area contributed by atoms with Gasteiger partial charge in [0.05, 0.1) is 10.8 Å². The molecule has 0 aromatic heterocycles. The van der Waals surface area contributed by atoms with E-state index in [-0.39, 0.29) is 23.9 Å². The Labute approximate surface area is 105 Å². The van der Waals surface area contributed by atoms with E-state index in [2.05, 4.69) is 10.0 Å². The van der Waals surface area contributed by atoms with Gasteiger partial charge in [0.15, 0.2) is 0 Å². The Bertz CT molecular complexity index is 479. The normalized spacial score (nSPS) is 11.7. The molecule has 1 aromatic carbocycles. The molecule has 1 aromatic rings. The summed E-state index contributed by atoms with van der Waals surface area (Å²) in [7, 11) is -1.87. The number of rotatable bonds is 6. The molecule has 0 unspecified atom stereocenters. The molecule has 0 heterocycles. The van der Waals surface area contributed by atoms with Gasteiger partial charge in [-0.15, -0.1) is 0 Å². The van der Waals surface area contributed by atoms with Crippen molar-refractivity contribution in [3.8, 4) is 0 Å². The molecule has 0 fully saturated rings. The average molecular weight is 281 g/mol. The molecule has 0 spiro atoms. The summed E-state index contributed by atoms with van der Waals surface area (Å²) in [6.45, 7) is 0.487. The molecule has 0 aliphatic rings. The van der Waals surface area contributed by atoms with Crippen LogP contribution in [0.25, 0.3) is 0 Å².